The summed E-state index contributed by atoms with van der Waals surface area (Å²) < 4.78 is 0. The van der Waals surface area contributed by atoms with Crippen LogP contribution in [0.3, 0.4) is 0 Å². The summed E-state index contributed by atoms with van der Waals surface area (Å²) in [7, 11) is 0. The summed E-state index contributed by atoms with van der Waals surface area (Å²) in [6.45, 7) is 0. The van der Waals surface area contributed by atoms with Crippen molar-refractivity contribution in [3.05, 3.63) is 60.2 Å². The number of carbonyl (C=O) groups is 1. The largest absolute Gasteiger partial charge is 0.373 e. The molecule has 1 fully saturated rings. The molecule has 0 amide bonds. The van der Waals surface area contributed by atoms with Crippen molar-refractivity contribution in [3.63, 3.8) is 0 Å². The predicted octanol–water partition coefficient (Wildman–Crippen LogP) is 7.12. The normalized spacial score (nSPS) is 17.3. The molecule has 28 heavy (non-hydrogen) atoms. The molecule has 0 atom stereocenters. The molecule has 0 N–H and O–H groups in total. The van der Waals surface area contributed by atoms with E-state index in [0.29, 0.717) is 5.56 Å². The molecule has 3 nitrogen and oxygen atoms in total. The molecule has 0 aliphatic heterocycles. The molecule has 0 spiro atoms. The van der Waals surface area contributed by atoms with Gasteiger partial charge < -0.3 is 0 Å². The molecule has 3 heteroatoms. The van der Waals surface area contributed by atoms with E-state index in [2.05, 4.69) is 0 Å². The summed E-state index contributed by atoms with van der Waals surface area (Å²) >= 11 is 0. The first-order valence-corrected chi connectivity index (χ1v) is 10.9. The van der Waals surface area contributed by atoms with E-state index >= 15 is 0 Å². The van der Waals surface area contributed by atoms with Crippen molar-refractivity contribution in [3.8, 4) is 11.1 Å². The molecule has 150 valence electrons. The third-order valence-electron chi connectivity index (χ3n) is 5.54. The molecule has 1 aliphatic carbocycles. The fraction of sp³-hybridized carbons (Fsp3) is 0.480. The van der Waals surface area contributed by atoms with Gasteiger partial charge in [0.2, 0.25) is 0 Å². The minimum Gasteiger partial charge on any atom is -0.293 e. The van der Waals surface area contributed by atoms with Crippen LogP contribution in [0, 0.1) is 0 Å². The Labute approximate surface area is 169 Å². The van der Waals surface area contributed by atoms with Gasteiger partial charge in [-0.25, -0.2) is 4.79 Å². The van der Waals surface area contributed by atoms with E-state index < -0.39 is 5.97 Å². The van der Waals surface area contributed by atoms with E-state index in [9.17, 15) is 4.79 Å². The van der Waals surface area contributed by atoms with Gasteiger partial charge >= 0.3 is 5.97 Å². The van der Waals surface area contributed by atoms with E-state index in [4.69, 9.17) is 9.78 Å². The summed E-state index contributed by atoms with van der Waals surface area (Å²) in [5.74, 6) is -0.412. The van der Waals surface area contributed by atoms with Crippen LogP contribution in [0.1, 0.15) is 81.0 Å². The topological polar surface area (TPSA) is 35.5 Å². The van der Waals surface area contributed by atoms with Crippen molar-refractivity contribution in [2.75, 3.05) is 0 Å². The van der Waals surface area contributed by atoms with Crippen molar-refractivity contribution in [2.45, 2.75) is 76.7 Å². The van der Waals surface area contributed by atoms with Gasteiger partial charge in [0.25, 0.3) is 0 Å². The fourth-order valence-electron chi connectivity index (χ4n) is 3.91. The van der Waals surface area contributed by atoms with Crippen molar-refractivity contribution < 1.29 is 14.6 Å². The van der Waals surface area contributed by atoms with Crippen LogP contribution >= 0.6 is 0 Å². The van der Waals surface area contributed by atoms with Gasteiger partial charge in [-0.15, -0.1) is 0 Å². The summed E-state index contributed by atoms with van der Waals surface area (Å²) in [5.41, 5.74) is 2.42. The first kappa shape index (κ1) is 20.6. The zero-order valence-electron chi connectivity index (χ0n) is 16.8. The average molecular weight is 381 g/mol. The van der Waals surface area contributed by atoms with Crippen LogP contribution in [0.4, 0.5) is 0 Å². The van der Waals surface area contributed by atoms with Gasteiger partial charge in [-0.2, -0.15) is 4.89 Å². The SMILES string of the molecule is O=C(OOC1CCCCCCCCCCC1)c1ccccc1-c1ccccc1. The number of hydrogen-bond acceptors (Lipinski definition) is 3. The highest BCUT2D eigenvalue weighted by molar-refractivity contribution is 5.96. The molecule has 1 aliphatic rings. The number of hydrogen-bond donors (Lipinski definition) is 0. The summed E-state index contributed by atoms with van der Waals surface area (Å²) in [4.78, 5) is 23.7. The second-order valence-corrected chi connectivity index (χ2v) is 7.76. The summed E-state index contributed by atoms with van der Waals surface area (Å²) in [6.07, 6.45) is 13.4. The van der Waals surface area contributed by atoms with E-state index in [1.807, 2.05) is 48.5 Å². The summed E-state index contributed by atoms with van der Waals surface area (Å²) in [6, 6.07) is 17.5. The lowest BCUT2D eigenvalue weighted by Gasteiger charge is -2.17. The van der Waals surface area contributed by atoms with Crippen LogP contribution in [0.5, 0.6) is 0 Å². The lowest BCUT2D eigenvalue weighted by molar-refractivity contribution is -0.277. The summed E-state index contributed by atoms with van der Waals surface area (Å²) in [5, 5.41) is 0. The molecule has 2 aromatic carbocycles. The van der Waals surface area contributed by atoms with Crippen LogP contribution in [-0.2, 0) is 9.78 Å². The number of benzene rings is 2. The molecule has 1 saturated carbocycles. The lowest BCUT2D eigenvalue weighted by Crippen LogP contribution is -2.17. The minimum atomic E-state index is -0.412. The Morgan fingerprint density at radius 1 is 0.679 bits per heavy atom. The molecule has 0 radical (unpaired) electrons. The first-order chi connectivity index (χ1) is 13.8. The van der Waals surface area contributed by atoms with Gasteiger partial charge in [0.15, 0.2) is 0 Å². The molecular formula is C25H32O3. The molecule has 0 bridgehead atoms. The predicted molar refractivity (Wildman–Crippen MR) is 113 cm³/mol. The maximum Gasteiger partial charge on any atom is 0.373 e. The molecule has 2 aromatic rings. The standard InChI is InChI=1S/C25H32O3/c26-25(24-20-14-13-19-23(24)21-15-9-8-10-16-21)28-27-22-17-11-6-4-2-1-3-5-7-12-18-22/h8-10,13-16,19-20,22H,1-7,11-12,17-18H2. The Bertz CT molecular complexity index is 699. The van der Waals surface area contributed by atoms with Crippen molar-refractivity contribution in [1.29, 1.82) is 0 Å². The van der Waals surface area contributed by atoms with E-state index in [0.717, 1.165) is 36.8 Å². The third-order valence-corrected chi connectivity index (χ3v) is 5.54. The van der Waals surface area contributed by atoms with Crippen LogP contribution in [0.15, 0.2) is 54.6 Å². The van der Waals surface area contributed by atoms with Gasteiger partial charge in [-0.3, -0.25) is 4.89 Å². The number of rotatable bonds is 4. The van der Waals surface area contributed by atoms with E-state index in [-0.39, 0.29) is 6.10 Å². The van der Waals surface area contributed by atoms with Gasteiger partial charge in [-0.05, 0) is 30.0 Å². The van der Waals surface area contributed by atoms with Gasteiger partial charge in [0.05, 0.1) is 5.56 Å². The van der Waals surface area contributed by atoms with Crippen LogP contribution in [0.25, 0.3) is 11.1 Å². The zero-order valence-corrected chi connectivity index (χ0v) is 16.8. The van der Waals surface area contributed by atoms with E-state index in [1.165, 1.54) is 44.9 Å². The zero-order chi connectivity index (χ0) is 19.4. The van der Waals surface area contributed by atoms with Crippen LogP contribution in [-0.4, -0.2) is 12.1 Å². The molecule has 0 heterocycles. The third kappa shape index (κ3) is 6.49. The molecule has 0 aromatic heterocycles. The van der Waals surface area contributed by atoms with Crippen molar-refractivity contribution in [1.82, 2.24) is 0 Å². The Morgan fingerprint density at radius 3 is 1.86 bits per heavy atom. The fourth-order valence-corrected chi connectivity index (χ4v) is 3.91. The minimum absolute atomic E-state index is 0.00673. The Hall–Kier alpha value is -2.13. The Morgan fingerprint density at radius 2 is 1.21 bits per heavy atom. The molecule has 0 unspecified atom stereocenters. The second-order valence-electron chi connectivity index (χ2n) is 7.76. The monoisotopic (exact) mass is 380 g/mol. The Kier molecular flexibility index (Phi) is 8.57. The highest BCUT2D eigenvalue weighted by Gasteiger charge is 2.18. The van der Waals surface area contributed by atoms with Gasteiger partial charge in [0, 0.05) is 0 Å². The quantitative estimate of drug-likeness (QED) is 0.418. The highest BCUT2D eigenvalue weighted by Crippen LogP contribution is 2.25. The molecular weight excluding hydrogens is 348 g/mol. The lowest BCUT2D eigenvalue weighted by atomic mass is 9.99. The molecule has 0 saturated heterocycles. The van der Waals surface area contributed by atoms with Crippen molar-refractivity contribution >= 4 is 5.97 Å². The second kappa shape index (κ2) is 11.7. The smallest absolute Gasteiger partial charge is 0.293 e. The van der Waals surface area contributed by atoms with Crippen LogP contribution < -0.4 is 0 Å². The van der Waals surface area contributed by atoms with Gasteiger partial charge in [0.1, 0.15) is 6.10 Å². The van der Waals surface area contributed by atoms with Crippen LogP contribution in [0.2, 0.25) is 0 Å². The maximum absolute atomic E-state index is 12.7. The average Bonchev–Trinajstić information content (AvgIpc) is 2.74. The van der Waals surface area contributed by atoms with E-state index in [1.54, 1.807) is 6.07 Å². The van der Waals surface area contributed by atoms with Crippen molar-refractivity contribution in [2.24, 2.45) is 0 Å². The Balaban J connectivity index is 1.59. The van der Waals surface area contributed by atoms with Gasteiger partial charge in [-0.1, -0.05) is 106 Å². The first-order valence-electron chi connectivity index (χ1n) is 10.9. The highest BCUT2D eigenvalue weighted by atomic mass is 17.2. The molecule has 3 rings (SSSR count). The maximum atomic E-state index is 12.7. The number of carbonyl (C=O) groups excluding carboxylic acids is 1.